The Labute approximate surface area is 145 Å². The van der Waals surface area contributed by atoms with E-state index < -0.39 is 17.9 Å². The number of nitrogens with zero attached hydrogens (tertiary/aromatic N) is 1. The topological polar surface area (TPSA) is 94.2 Å². The molecule has 0 aliphatic carbocycles. The second kappa shape index (κ2) is 8.18. The van der Waals surface area contributed by atoms with Gasteiger partial charge in [-0.2, -0.15) is 0 Å². The molecular formula is C17H20N2O6. The van der Waals surface area contributed by atoms with Gasteiger partial charge in [0.25, 0.3) is 5.91 Å². The first-order chi connectivity index (χ1) is 12.0. The molecule has 0 atom stereocenters. The van der Waals surface area contributed by atoms with Crippen molar-refractivity contribution in [2.75, 3.05) is 27.4 Å². The number of rotatable bonds is 7. The lowest BCUT2D eigenvalue weighted by Crippen LogP contribution is -2.33. The van der Waals surface area contributed by atoms with Gasteiger partial charge in [-0.3, -0.25) is 14.5 Å². The number of ether oxygens (including phenoxy) is 3. The highest BCUT2D eigenvalue weighted by molar-refractivity contribution is 6.14. The molecule has 1 aliphatic heterocycles. The van der Waals surface area contributed by atoms with E-state index >= 15 is 0 Å². The average Bonchev–Trinajstić information content (AvgIpc) is 2.86. The van der Waals surface area contributed by atoms with Crippen LogP contribution >= 0.6 is 0 Å². The molecule has 25 heavy (non-hydrogen) atoms. The van der Waals surface area contributed by atoms with Gasteiger partial charge in [-0.25, -0.2) is 4.79 Å². The second-order valence-corrected chi connectivity index (χ2v) is 5.11. The van der Waals surface area contributed by atoms with E-state index in [2.05, 4.69) is 5.32 Å². The number of imide groups is 1. The largest absolute Gasteiger partial charge is 0.493 e. The van der Waals surface area contributed by atoms with Crippen molar-refractivity contribution in [2.24, 2.45) is 0 Å². The summed E-state index contributed by atoms with van der Waals surface area (Å²) in [6.07, 6.45) is 1.49. The van der Waals surface area contributed by atoms with Crippen LogP contribution in [0.2, 0.25) is 0 Å². The monoisotopic (exact) mass is 348 g/mol. The number of carbonyl (C=O) groups excluding carboxylic acids is 3. The minimum atomic E-state index is -0.568. The highest BCUT2D eigenvalue weighted by atomic mass is 16.5. The normalized spacial score (nSPS) is 15.3. The first-order valence-corrected chi connectivity index (χ1v) is 7.72. The molecule has 2 rings (SSSR count). The number of esters is 1. The fourth-order valence-corrected chi connectivity index (χ4v) is 2.32. The summed E-state index contributed by atoms with van der Waals surface area (Å²) in [6, 6.07) is 4.55. The van der Waals surface area contributed by atoms with Gasteiger partial charge in [-0.1, -0.05) is 6.07 Å². The molecule has 8 heteroatoms. The highest BCUT2D eigenvalue weighted by Gasteiger charge is 2.33. The Morgan fingerprint density at radius 3 is 2.56 bits per heavy atom. The Morgan fingerprint density at radius 2 is 1.92 bits per heavy atom. The molecule has 3 amide bonds. The fourth-order valence-electron chi connectivity index (χ4n) is 2.32. The molecule has 0 saturated carbocycles. The van der Waals surface area contributed by atoms with E-state index in [1.807, 2.05) is 0 Å². The van der Waals surface area contributed by atoms with Crippen LogP contribution in [-0.2, 0) is 14.3 Å². The van der Waals surface area contributed by atoms with Gasteiger partial charge in [0.05, 0.1) is 27.2 Å². The van der Waals surface area contributed by atoms with Crippen LogP contribution < -0.4 is 14.8 Å². The van der Waals surface area contributed by atoms with Gasteiger partial charge in [0.2, 0.25) is 0 Å². The Balaban J connectivity index is 2.13. The maximum absolute atomic E-state index is 12.3. The maximum atomic E-state index is 12.3. The molecule has 1 aliphatic rings. The average molecular weight is 348 g/mol. The molecule has 1 aromatic carbocycles. The number of hydrogen-bond acceptors (Lipinski definition) is 6. The van der Waals surface area contributed by atoms with E-state index in [1.54, 1.807) is 25.1 Å². The van der Waals surface area contributed by atoms with Gasteiger partial charge < -0.3 is 19.5 Å². The summed E-state index contributed by atoms with van der Waals surface area (Å²) >= 11 is 0. The van der Waals surface area contributed by atoms with Crippen LogP contribution in [-0.4, -0.2) is 50.2 Å². The van der Waals surface area contributed by atoms with Crippen molar-refractivity contribution >= 4 is 24.0 Å². The van der Waals surface area contributed by atoms with Crippen LogP contribution in [0.5, 0.6) is 11.5 Å². The Kier molecular flexibility index (Phi) is 5.99. The zero-order valence-corrected chi connectivity index (χ0v) is 14.3. The summed E-state index contributed by atoms with van der Waals surface area (Å²) in [5.41, 5.74) is 0.787. The lowest BCUT2D eigenvalue weighted by Gasteiger charge is -2.10. The van der Waals surface area contributed by atoms with Crippen molar-refractivity contribution in [2.45, 2.75) is 13.3 Å². The van der Waals surface area contributed by atoms with Crippen molar-refractivity contribution < 1.29 is 28.6 Å². The van der Waals surface area contributed by atoms with E-state index in [0.717, 1.165) is 4.90 Å². The van der Waals surface area contributed by atoms with E-state index in [0.29, 0.717) is 17.1 Å². The van der Waals surface area contributed by atoms with E-state index in [9.17, 15) is 14.4 Å². The molecule has 8 nitrogen and oxygen atoms in total. The van der Waals surface area contributed by atoms with E-state index in [-0.39, 0.29) is 25.3 Å². The summed E-state index contributed by atoms with van der Waals surface area (Å²) in [6.45, 7) is 1.91. The van der Waals surface area contributed by atoms with E-state index in [1.165, 1.54) is 20.3 Å². The zero-order valence-electron chi connectivity index (χ0n) is 14.3. The summed E-state index contributed by atoms with van der Waals surface area (Å²) < 4.78 is 15.2. The number of nitrogens with one attached hydrogen (secondary N) is 1. The van der Waals surface area contributed by atoms with Gasteiger partial charge in [0.15, 0.2) is 11.5 Å². The van der Waals surface area contributed by atoms with Crippen molar-refractivity contribution in [3.63, 3.8) is 0 Å². The van der Waals surface area contributed by atoms with Crippen LogP contribution in [0.1, 0.15) is 18.9 Å². The van der Waals surface area contributed by atoms with Gasteiger partial charge >= 0.3 is 12.0 Å². The Morgan fingerprint density at radius 1 is 1.20 bits per heavy atom. The van der Waals surface area contributed by atoms with Crippen molar-refractivity contribution in [1.29, 1.82) is 0 Å². The maximum Gasteiger partial charge on any atom is 0.329 e. The third-order valence-electron chi connectivity index (χ3n) is 3.53. The summed E-state index contributed by atoms with van der Waals surface area (Å²) in [5, 5.41) is 2.50. The molecular weight excluding hydrogens is 328 g/mol. The molecule has 0 spiro atoms. The number of carbonyl (C=O) groups is 3. The van der Waals surface area contributed by atoms with E-state index in [4.69, 9.17) is 14.2 Å². The van der Waals surface area contributed by atoms with Gasteiger partial charge in [-0.05, 0) is 30.7 Å². The lowest BCUT2D eigenvalue weighted by molar-refractivity contribution is -0.143. The number of urea groups is 1. The quantitative estimate of drug-likeness (QED) is 0.456. The van der Waals surface area contributed by atoms with Crippen LogP contribution in [0.25, 0.3) is 6.08 Å². The molecule has 0 aromatic heterocycles. The minimum Gasteiger partial charge on any atom is -0.493 e. The molecule has 1 aromatic rings. The third kappa shape index (κ3) is 4.28. The van der Waals surface area contributed by atoms with Crippen LogP contribution in [0.3, 0.4) is 0 Å². The molecule has 1 saturated heterocycles. The standard InChI is InChI=1S/C17H20N2O6/c1-4-25-15(20)7-8-19-16(21)12(18-17(19)22)9-11-5-6-13(23-2)14(10-11)24-3/h5-6,9-10H,4,7-8H2,1-3H3,(H,18,22). The molecule has 134 valence electrons. The van der Waals surface area contributed by atoms with Crippen LogP contribution in [0, 0.1) is 0 Å². The summed E-state index contributed by atoms with van der Waals surface area (Å²) in [7, 11) is 3.03. The van der Waals surface area contributed by atoms with Crippen LogP contribution in [0.15, 0.2) is 23.9 Å². The van der Waals surface area contributed by atoms with Crippen LogP contribution in [0.4, 0.5) is 4.79 Å². The molecule has 0 bridgehead atoms. The number of amides is 3. The third-order valence-corrected chi connectivity index (χ3v) is 3.53. The van der Waals surface area contributed by atoms with Crippen molar-refractivity contribution in [1.82, 2.24) is 10.2 Å². The Hall–Kier alpha value is -3.03. The number of hydrogen-bond donors (Lipinski definition) is 1. The predicted octanol–water partition coefficient (Wildman–Crippen LogP) is 1.55. The molecule has 0 unspecified atom stereocenters. The molecule has 0 radical (unpaired) electrons. The first kappa shape index (κ1) is 18.3. The molecule has 1 heterocycles. The van der Waals surface area contributed by atoms with Gasteiger partial charge in [-0.15, -0.1) is 0 Å². The number of benzene rings is 1. The highest BCUT2D eigenvalue weighted by Crippen LogP contribution is 2.28. The van der Waals surface area contributed by atoms with Crippen molar-refractivity contribution in [3.8, 4) is 11.5 Å². The first-order valence-electron chi connectivity index (χ1n) is 7.72. The fraction of sp³-hybridized carbons (Fsp3) is 0.353. The second-order valence-electron chi connectivity index (χ2n) is 5.11. The minimum absolute atomic E-state index is 0.0349. The predicted molar refractivity (Wildman–Crippen MR) is 89.0 cm³/mol. The van der Waals surface area contributed by atoms with Gasteiger partial charge in [0, 0.05) is 6.54 Å². The van der Waals surface area contributed by atoms with Gasteiger partial charge in [0.1, 0.15) is 5.70 Å². The van der Waals surface area contributed by atoms with Crippen molar-refractivity contribution in [3.05, 3.63) is 29.5 Å². The Bertz CT molecular complexity index is 713. The summed E-state index contributed by atoms with van der Waals surface area (Å²) in [4.78, 5) is 36.6. The zero-order chi connectivity index (χ0) is 18.4. The number of methoxy groups -OCH3 is 2. The summed E-state index contributed by atoms with van der Waals surface area (Å²) in [5.74, 6) is 0.111. The lowest BCUT2D eigenvalue weighted by atomic mass is 10.1. The molecule has 1 N–H and O–H groups in total. The molecule has 1 fully saturated rings. The smallest absolute Gasteiger partial charge is 0.329 e. The SMILES string of the molecule is CCOC(=O)CCN1C(=O)NC(=Cc2ccc(OC)c(OC)c2)C1=O.